The van der Waals surface area contributed by atoms with Crippen LogP contribution in [0.3, 0.4) is 0 Å². The van der Waals surface area contributed by atoms with Crippen LogP contribution in [0.5, 0.6) is 17.5 Å². The lowest BCUT2D eigenvalue weighted by atomic mass is 10.2. The zero-order chi connectivity index (χ0) is 13.0. The number of rotatable bonds is 4. The summed E-state index contributed by atoms with van der Waals surface area (Å²) in [4.78, 5) is 8.55. The van der Waals surface area contributed by atoms with Crippen molar-refractivity contribution in [2.75, 3.05) is 21.3 Å². The molecule has 0 aliphatic carbocycles. The van der Waals surface area contributed by atoms with Gasteiger partial charge >= 0.3 is 0 Å². The van der Waals surface area contributed by atoms with Gasteiger partial charge in [0.2, 0.25) is 11.8 Å². The second-order valence-electron chi connectivity index (χ2n) is 3.51. The number of hydrogen-bond acceptors (Lipinski definition) is 5. The molecule has 0 atom stereocenters. The van der Waals surface area contributed by atoms with Gasteiger partial charge in [-0.3, -0.25) is 0 Å². The Morgan fingerprint density at radius 3 is 2.06 bits per heavy atom. The third-order valence-electron chi connectivity index (χ3n) is 2.43. The Balaban J connectivity index is 2.48. The van der Waals surface area contributed by atoms with Crippen LogP contribution in [0.4, 0.5) is 0 Å². The van der Waals surface area contributed by atoms with Crippen LogP contribution >= 0.6 is 0 Å². The molecule has 0 spiro atoms. The van der Waals surface area contributed by atoms with Crippen LogP contribution in [0.1, 0.15) is 0 Å². The third-order valence-corrected chi connectivity index (χ3v) is 2.43. The second kappa shape index (κ2) is 5.35. The molecule has 0 saturated heterocycles. The van der Waals surface area contributed by atoms with E-state index in [0.717, 1.165) is 11.3 Å². The van der Waals surface area contributed by atoms with E-state index < -0.39 is 0 Å². The Bertz CT molecular complexity index is 521. The SMILES string of the molecule is COc1cccc(-c2nc(OC)cc(OC)n2)c1. The average Bonchev–Trinajstić information content (AvgIpc) is 2.46. The maximum Gasteiger partial charge on any atom is 0.220 e. The van der Waals surface area contributed by atoms with Crippen molar-refractivity contribution < 1.29 is 14.2 Å². The molecule has 5 nitrogen and oxygen atoms in total. The summed E-state index contributed by atoms with van der Waals surface area (Å²) in [5.74, 6) is 2.20. The molecule has 0 aliphatic rings. The van der Waals surface area contributed by atoms with Crippen LogP contribution in [-0.4, -0.2) is 31.3 Å². The van der Waals surface area contributed by atoms with Crippen LogP contribution in [0.25, 0.3) is 11.4 Å². The summed E-state index contributed by atoms with van der Waals surface area (Å²) in [5.41, 5.74) is 0.839. The topological polar surface area (TPSA) is 53.5 Å². The molecule has 1 aromatic heterocycles. The molecular weight excluding hydrogens is 232 g/mol. The van der Waals surface area contributed by atoms with Crippen LogP contribution in [0, 0.1) is 0 Å². The largest absolute Gasteiger partial charge is 0.497 e. The van der Waals surface area contributed by atoms with Crippen molar-refractivity contribution in [3.8, 4) is 28.9 Å². The van der Waals surface area contributed by atoms with E-state index in [4.69, 9.17) is 14.2 Å². The number of aromatic nitrogens is 2. The molecule has 0 radical (unpaired) electrons. The Morgan fingerprint density at radius 2 is 1.50 bits per heavy atom. The molecule has 0 saturated carbocycles. The minimum atomic E-state index is 0.458. The lowest BCUT2D eigenvalue weighted by Gasteiger charge is -2.07. The number of nitrogens with zero attached hydrogens (tertiary/aromatic N) is 2. The second-order valence-corrected chi connectivity index (χ2v) is 3.51. The predicted octanol–water partition coefficient (Wildman–Crippen LogP) is 2.17. The van der Waals surface area contributed by atoms with Crippen LogP contribution in [0.2, 0.25) is 0 Å². The molecule has 94 valence electrons. The first-order valence-corrected chi connectivity index (χ1v) is 5.38. The maximum atomic E-state index is 5.17. The van der Waals surface area contributed by atoms with Gasteiger partial charge in [-0.05, 0) is 12.1 Å². The van der Waals surface area contributed by atoms with Crippen molar-refractivity contribution in [3.63, 3.8) is 0 Å². The molecule has 2 rings (SSSR count). The van der Waals surface area contributed by atoms with E-state index in [9.17, 15) is 0 Å². The van der Waals surface area contributed by atoms with Gasteiger partial charge in [0.05, 0.1) is 27.4 Å². The highest BCUT2D eigenvalue weighted by Crippen LogP contribution is 2.25. The monoisotopic (exact) mass is 246 g/mol. The zero-order valence-corrected chi connectivity index (χ0v) is 10.5. The van der Waals surface area contributed by atoms with Gasteiger partial charge in [0.15, 0.2) is 5.82 Å². The van der Waals surface area contributed by atoms with Gasteiger partial charge in [-0.25, -0.2) is 0 Å². The summed E-state index contributed by atoms with van der Waals surface area (Å²) in [6.45, 7) is 0. The number of methoxy groups -OCH3 is 3. The van der Waals surface area contributed by atoms with Crippen molar-refractivity contribution in [1.29, 1.82) is 0 Å². The molecule has 1 aromatic carbocycles. The number of hydrogen-bond donors (Lipinski definition) is 0. The highest BCUT2D eigenvalue weighted by Gasteiger charge is 2.08. The van der Waals surface area contributed by atoms with E-state index in [1.165, 1.54) is 0 Å². The van der Waals surface area contributed by atoms with Gasteiger partial charge in [0.1, 0.15) is 5.75 Å². The van der Waals surface area contributed by atoms with E-state index in [1.807, 2.05) is 24.3 Å². The van der Waals surface area contributed by atoms with Crippen LogP contribution in [0.15, 0.2) is 30.3 Å². The smallest absolute Gasteiger partial charge is 0.220 e. The van der Waals surface area contributed by atoms with E-state index in [-0.39, 0.29) is 0 Å². The van der Waals surface area contributed by atoms with Crippen molar-refractivity contribution in [1.82, 2.24) is 9.97 Å². The fraction of sp³-hybridized carbons (Fsp3) is 0.231. The van der Waals surface area contributed by atoms with Gasteiger partial charge in [-0.2, -0.15) is 9.97 Å². The fourth-order valence-electron chi connectivity index (χ4n) is 1.50. The maximum absolute atomic E-state index is 5.17. The Labute approximate surface area is 105 Å². The van der Waals surface area contributed by atoms with Gasteiger partial charge in [-0.1, -0.05) is 12.1 Å². The molecule has 0 amide bonds. The first kappa shape index (κ1) is 12.2. The predicted molar refractivity (Wildman–Crippen MR) is 67.1 cm³/mol. The molecule has 1 heterocycles. The summed E-state index contributed by atoms with van der Waals surface area (Å²) in [7, 11) is 4.72. The molecule has 0 aliphatic heterocycles. The first-order valence-electron chi connectivity index (χ1n) is 5.38. The summed E-state index contributed by atoms with van der Waals surface area (Å²) in [5, 5.41) is 0. The average molecular weight is 246 g/mol. The van der Waals surface area contributed by atoms with E-state index in [1.54, 1.807) is 27.4 Å². The van der Waals surface area contributed by atoms with Gasteiger partial charge in [0.25, 0.3) is 0 Å². The normalized spacial score (nSPS) is 9.94. The standard InChI is InChI=1S/C13H14N2O3/c1-16-10-6-4-5-9(7-10)13-14-11(17-2)8-12(15-13)18-3/h4-8H,1-3H3. The molecule has 5 heteroatoms. The molecule has 0 fully saturated rings. The number of ether oxygens (including phenoxy) is 3. The summed E-state index contributed by atoms with van der Waals surface area (Å²) >= 11 is 0. The molecule has 2 aromatic rings. The van der Waals surface area contributed by atoms with E-state index in [2.05, 4.69) is 9.97 Å². The minimum absolute atomic E-state index is 0.458. The van der Waals surface area contributed by atoms with E-state index >= 15 is 0 Å². The van der Waals surface area contributed by atoms with Crippen molar-refractivity contribution in [2.24, 2.45) is 0 Å². The Kier molecular flexibility index (Phi) is 3.62. The minimum Gasteiger partial charge on any atom is -0.497 e. The molecule has 0 bridgehead atoms. The summed E-state index contributed by atoms with van der Waals surface area (Å²) in [6, 6.07) is 9.12. The molecule has 18 heavy (non-hydrogen) atoms. The summed E-state index contributed by atoms with van der Waals surface area (Å²) in [6.07, 6.45) is 0. The molecule has 0 N–H and O–H groups in total. The summed E-state index contributed by atoms with van der Waals surface area (Å²) < 4.78 is 15.4. The quantitative estimate of drug-likeness (QED) is 0.827. The zero-order valence-electron chi connectivity index (χ0n) is 10.5. The molecular formula is C13H14N2O3. The number of benzene rings is 1. The van der Waals surface area contributed by atoms with Crippen LogP contribution < -0.4 is 14.2 Å². The van der Waals surface area contributed by atoms with E-state index in [0.29, 0.717) is 17.6 Å². The van der Waals surface area contributed by atoms with Crippen molar-refractivity contribution in [3.05, 3.63) is 30.3 Å². The highest BCUT2D eigenvalue weighted by atomic mass is 16.5. The van der Waals surface area contributed by atoms with Crippen molar-refractivity contribution >= 4 is 0 Å². The Hall–Kier alpha value is -2.30. The van der Waals surface area contributed by atoms with Gasteiger partial charge in [0, 0.05) is 5.56 Å². The lowest BCUT2D eigenvalue weighted by Crippen LogP contribution is -1.97. The van der Waals surface area contributed by atoms with Crippen LogP contribution in [-0.2, 0) is 0 Å². The van der Waals surface area contributed by atoms with Crippen molar-refractivity contribution in [2.45, 2.75) is 0 Å². The first-order chi connectivity index (χ1) is 8.76. The molecule has 0 unspecified atom stereocenters. The highest BCUT2D eigenvalue weighted by molar-refractivity contribution is 5.58. The van der Waals surface area contributed by atoms with Gasteiger partial charge < -0.3 is 14.2 Å². The fourth-order valence-corrected chi connectivity index (χ4v) is 1.50. The third kappa shape index (κ3) is 2.51. The van der Waals surface area contributed by atoms with Gasteiger partial charge in [-0.15, -0.1) is 0 Å². The lowest BCUT2D eigenvalue weighted by molar-refractivity contribution is 0.372. The Morgan fingerprint density at radius 1 is 0.833 bits per heavy atom.